The van der Waals surface area contributed by atoms with Gasteiger partial charge in [0.15, 0.2) is 11.5 Å². The number of hydrogen-bond donors (Lipinski definition) is 1. The first-order chi connectivity index (χ1) is 14.7. The first-order valence-corrected chi connectivity index (χ1v) is 11.7. The van der Waals surface area contributed by atoms with E-state index in [2.05, 4.69) is 56.9 Å². The van der Waals surface area contributed by atoms with Crippen LogP contribution in [0.5, 0.6) is 11.5 Å². The third kappa shape index (κ3) is 3.76. The number of benzene rings is 2. The van der Waals surface area contributed by atoms with E-state index in [0.717, 1.165) is 54.9 Å². The lowest BCUT2D eigenvalue weighted by atomic mass is 9.78. The topological polar surface area (TPSA) is 45.1 Å². The monoisotopic (exact) mass is 418 g/mol. The van der Waals surface area contributed by atoms with Crippen LogP contribution >= 0.6 is 0 Å². The van der Waals surface area contributed by atoms with E-state index in [0.29, 0.717) is 11.5 Å². The SMILES string of the molecule is CC1(C)Cc2c(CN3CCCCC3)c(O)c3c(c2C(c2ccccc2)=N1)CC(C)(C)O3. The summed E-state index contributed by atoms with van der Waals surface area (Å²) in [5.41, 5.74) is 6.28. The maximum atomic E-state index is 11.5. The maximum absolute atomic E-state index is 11.5. The Morgan fingerprint density at radius 3 is 2.39 bits per heavy atom. The summed E-state index contributed by atoms with van der Waals surface area (Å²) in [5.74, 6) is 1.04. The second-order valence-electron chi connectivity index (χ2n) is 10.7. The summed E-state index contributed by atoms with van der Waals surface area (Å²) in [6, 6.07) is 10.5. The number of aromatic hydroxyl groups is 1. The second-order valence-corrected chi connectivity index (χ2v) is 10.7. The lowest BCUT2D eigenvalue weighted by Crippen LogP contribution is -2.34. The zero-order valence-corrected chi connectivity index (χ0v) is 19.3. The fourth-order valence-corrected chi connectivity index (χ4v) is 5.51. The largest absolute Gasteiger partial charge is 0.504 e. The number of hydrogen-bond acceptors (Lipinski definition) is 4. The third-order valence-corrected chi connectivity index (χ3v) is 6.86. The molecule has 3 aliphatic heterocycles. The summed E-state index contributed by atoms with van der Waals surface area (Å²) in [7, 11) is 0. The molecule has 0 spiro atoms. The summed E-state index contributed by atoms with van der Waals surface area (Å²) >= 11 is 0. The minimum atomic E-state index is -0.327. The number of likely N-dealkylation sites (tertiary alicyclic amines) is 1. The van der Waals surface area contributed by atoms with Crippen LogP contribution < -0.4 is 4.74 Å². The number of aliphatic imine (C=N–C) groups is 1. The molecule has 2 aromatic carbocycles. The number of nitrogens with zero attached hydrogens (tertiary/aromatic N) is 2. The zero-order chi connectivity index (χ0) is 21.8. The van der Waals surface area contributed by atoms with Crippen molar-refractivity contribution in [3.8, 4) is 11.5 Å². The highest BCUT2D eigenvalue weighted by Gasteiger charge is 2.41. The van der Waals surface area contributed by atoms with Gasteiger partial charge in [0.05, 0.1) is 11.3 Å². The molecule has 0 aromatic heterocycles. The summed E-state index contributed by atoms with van der Waals surface area (Å²) in [6.07, 6.45) is 5.40. The molecular weight excluding hydrogens is 384 g/mol. The molecule has 164 valence electrons. The molecule has 1 N–H and O–H groups in total. The highest BCUT2D eigenvalue weighted by molar-refractivity contribution is 6.16. The average molecular weight is 419 g/mol. The van der Waals surface area contributed by atoms with Gasteiger partial charge in [-0.15, -0.1) is 0 Å². The van der Waals surface area contributed by atoms with Crippen molar-refractivity contribution in [2.75, 3.05) is 13.1 Å². The molecule has 0 bridgehead atoms. The molecule has 1 saturated heterocycles. The molecule has 0 amide bonds. The fourth-order valence-electron chi connectivity index (χ4n) is 5.51. The first kappa shape index (κ1) is 20.6. The van der Waals surface area contributed by atoms with E-state index < -0.39 is 0 Å². The van der Waals surface area contributed by atoms with Gasteiger partial charge in [-0.2, -0.15) is 0 Å². The smallest absolute Gasteiger partial charge is 0.166 e. The van der Waals surface area contributed by atoms with Crippen molar-refractivity contribution in [2.24, 2.45) is 4.99 Å². The van der Waals surface area contributed by atoms with Crippen LogP contribution in [0.3, 0.4) is 0 Å². The number of fused-ring (bicyclic) bond motifs is 3. The Bertz CT molecular complexity index is 1030. The van der Waals surface area contributed by atoms with Gasteiger partial charge in [-0.3, -0.25) is 9.89 Å². The number of rotatable bonds is 3. The van der Waals surface area contributed by atoms with E-state index >= 15 is 0 Å². The van der Waals surface area contributed by atoms with Gasteiger partial charge in [-0.05, 0) is 65.6 Å². The number of ether oxygens (including phenoxy) is 1. The van der Waals surface area contributed by atoms with Gasteiger partial charge in [0.2, 0.25) is 0 Å². The molecule has 0 unspecified atom stereocenters. The molecule has 31 heavy (non-hydrogen) atoms. The lowest BCUT2D eigenvalue weighted by molar-refractivity contribution is 0.133. The first-order valence-electron chi connectivity index (χ1n) is 11.7. The van der Waals surface area contributed by atoms with Gasteiger partial charge in [0.1, 0.15) is 5.60 Å². The Morgan fingerprint density at radius 1 is 0.968 bits per heavy atom. The van der Waals surface area contributed by atoms with Gasteiger partial charge in [-0.1, -0.05) is 36.8 Å². The van der Waals surface area contributed by atoms with E-state index in [1.54, 1.807) is 0 Å². The highest BCUT2D eigenvalue weighted by atomic mass is 16.5. The molecule has 1 fully saturated rings. The average Bonchev–Trinajstić information content (AvgIpc) is 3.06. The van der Waals surface area contributed by atoms with Crippen LogP contribution in [-0.4, -0.2) is 39.9 Å². The molecule has 4 heteroatoms. The maximum Gasteiger partial charge on any atom is 0.166 e. The molecule has 0 saturated carbocycles. The van der Waals surface area contributed by atoms with Crippen LogP contribution in [0.25, 0.3) is 0 Å². The van der Waals surface area contributed by atoms with E-state index in [1.165, 1.54) is 30.4 Å². The molecule has 3 heterocycles. The van der Waals surface area contributed by atoms with Crippen molar-refractivity contribution in [1.29, 1.82) is 0 Å². The standard InChI is InChI=1S/C27H34N2O2/c1-26(2)15-19-21(17-29-13-9-6-10-14-29)24(30)25-20(16-27(3,4)31-25)22(19)23(28-26)18-11-7-5-8-12-18/h5,7-8,11-12,30H,6,9-10,13-17H2,1-4H3. The van der Waals surface area contributed by atoms with Crippen molar-refractivity contribution in [3.63, 3.8) is 0 Å². The van der Waals surface area contributed by atoms with Gasteiger partial charge >= 0.3 is 0 Å². The van der Waals surface area contributed by atoms with Crippen LogP contribution in [0.2, 0.25) is 0 Å². The molecule has 3 aliphatic rings. The minimum Gasteiger partial charge on any atom is -0.504 e. The van der Waals surface area contributed by atoms with Crippen LogP contribution in [0.15, 0.2) is 35.3 Å². The summed E-state index contributed by atoms with van der Waals surface area (Å²) in [5, 5.41) is 11.5. The van der Waals surface area contributed by atoms with Gasteiger partial charge in [-0.25, -0.2) is 0 Å². The number of piperidine rings is 1. The van der Waals surface area contributed by atoms with Crippen LogP contribution in [-0.2, 0) is 19.4 Å². The second kappa shape index (κ2) is 7.37. The van der Waals surface area contributed by atoms with Gasteiger partial charge in [0, 0.05) is 35.2 Å². The molecule has 0 radical (unpaired) electrons. The molecular formula is C27H34N2O2. The number of phenolic OH excluding ortho intramolecular Hbond substituents is 1. The van der Waals surface area contributed by atoms with Crippen LogP contribution in [0.4, 0.5) is 0 Å². The quantitative estimate of drug-likeness (QED) is 0.739. The predicted octanol–water partition coefficient (Wildman–Crippen LogP) is 5.26. The van der Waals surface area contributed by atoms with Crippen molar-refractivity contribution in [3.05, 3.63) is 58.1 Å². The van der Waals surface area contributed by atoms with E-state index in [9.17, 15) is 5.11 Å². The Labute approximate surface area is 186 Å². The molecule has 4 nitrogen and oxygen atoms in total. The Kier molecular flexibility index (Phi) is 4.89. The predicted molar refractivity (Wildman–Crippen MR) is 126 cm³/mol. The van der Waals surface area contributed by atoms with Crippen molar-refractivity contribution in [1.82, 2.24) is 4.90 Å². The Hall–Kier alpha value is -2.33. The van der Waals surface area contributed by atoms with Crippen LogP contribution in [0, 0.1) is 0 Å². The Morgan fingerprint density at radius 2 is 1.68 bits per heavy atom. The van der Waals surface area contributed by atoms with E-state index in [1.807, 2.05) is 6.07 Å². The molecule has 0 aliphatic carbocycles. The van der Waals surface area contributed by atoms with E-state index in [-0.39, 0.29) is 11.1 Å². The summed E-state index contributed by atoms with van der Waals surface area (Å²) in [4.78, 5) is 7.73. The van der Waals surface area contributed by atoms with Crippen molar-refractivity contribution >= 4 is 5.71 Å². The summed E-state index contributed by atoms with van der Waals surface area (Å²) < 4.78 is 6.33. The molecule has 2 aromatic rings. The van der Waals surface area contributed by atoms with Crippen molar-refractivity contribution < 1.29 is 9.84 Å². The lowest BCUT2D eigenvalue weighted by Gasteiger charge is -2.34. The minimum absolute atomic E-state index is 0.218. The normalized spacial score (nSPS) is 21.7. The van der Waals surface area contributed by atoms with Crippen LogP contribution in [0.1, 0.15) is 74.8 Å². The van der Waals surface area contributed by atoms with Crippen molar-refractivity contribution in [2.45, 2.75) is 77.5 Å². The highest BCUT2D eigenvalue weighted by Crippen LogP contribution is 2.50. The molecule has 5 rings (SSSR count). The van der Waals surface area contributed by atoms with E-state index in [4.69, 9.17) is 9.73 Å². The summed E-state index contributed by atoms with van der Waals surface area (Å²) in [6.45, 7) is 11.6. The number of phenols is 1. The van der Waals surface area contributed by atoms with Gasteiger partial charge in [0.25, 0.3) is 0 Å². The molecule has 0 atom stereocenters. The Balaban J connectivity index is 1.73. The zero-order valence-electron chi connectivity index (χ0n) is 19.3. The fraction of sp³-hybridized carbons (Fsp3) is 0.519. The van der Waals surface area contributed by atoms with Gasteiger partial charge < -0.3 is 9.84 Å². The third-order valence-electron chi connectivity index (χ3n) is 6.86.